The Balaban J connectivity index is 2.02. The molecule has 0 spiro atoms. The second kappa shape index (κ2) is 4.62. The fourth-order valence-electron chi connectivity index (χ4n) is 1.12. The van der Waals surface area contributed by atoms with Gasteiger partial charge in [-0.2, -0.15) is 0 Å². The maximum absolute atomic E-state index is 5.25. The fourth-order valence-corrected chi connectivity index (χ4v) is 2.33. The molecule has 2 rings (SSSR count). The first kappa shape index (κ1) is 9.74. The third-order valence-electron chi connectivity index (χ3n) is 1.82. The number of furan rings is 1. The first-order valence-corrected chi connectivity index (χ1v) is 5.73. The lowest BCUT2D eigenvalue weighted by atomic mass is 10.4. The fraction of sp³-hybridized carbons (Fsp3) is 0.0909. The van der Waals surface area contributed by atoms with Crippen LogP contribution in [0.25, 0.3) is 0 Å². The van der Waals surface area contributed by atoms with Gasteiger partial charge in [0.2, 0.25) is 0 Å². The van der Waals surface area contributed by atoms with Crippen molar-refractivity contribution in [2.24, 2.45) is 0 Å². The molecule has 0 unspecified atom stereocenters. The summed E-state index contributed by atoms with van der Waals surface area (Å²) < 4.78 is 5.25. The Labute approximate surface area is 92.9 Å². The summed E-state index contributed by atoms with van der Waals surface area (Å²) in [4.78, 5) is 2.20. The average molecular weight is 222 g/mol. The molecular formula is C11H10OS2. The van der Waals surface area contributed by atoms with E-state index in [0.717, 1.165) is 16.4 Å². The van der Waals surface area contributed by atoms with Crippen molar-refractivity contribution in [1.29, 1.82) is 0 Å². The quantitative estimate of drug-likeness (QED) is 0.625. The van der Waals surface area contributed by atoms with Gasteiger partial charge >= 0.3 is 0 Å². The SMILES string of the molecule is Sc1ccccc1SCc1ccco1. The van der Waals surface area contributed by atoms with Gasteiger partial charge in [-0.05, 0) is 24.3 Å². The maximum Gasteiger partial charge on any atom is 0.113 e. The summed E-state index contributed by atoms with van der Waals surface area (Å²) in [6, 6.07) is 11.9. The smallest absolute Gasteiger partial charge is 0.113 e. The highest BCUT2D eigenvalue weighted by molar-refractivity contribution is 7.99. The van der Waals surface area contributed by atoms with Crippen molar-refractivity contribution in [3.63, 3.8) is 0 Å². The van der Waals surface area contributed by atoms with E-state index in [-0.39, 0.29) is 0 Å². The van der Waals surface area contributed by atoms with Gasteiger partial charge in [-0.3, -0.25) is 0 Å². The zero-order chi connectivity index (χ0) is 9.80. The van der Waals surface area contributed by atoms with Crippen molar-refractivity contribution in [3.8, 4) is 0 Å². The van der Waals surface area contributed by atoms with E-state index in [0.29, 0.717) is 0 Å². The van der Waals surface area contributed by atoms with Gasteiger partial charge in [-0.15, -0.1) is 24.4 Å². The van der Waals surface area contributed by atoms with E-state index in [1.807, 2.05) is 30.3 Å². The lowest BCUT2D eigenvalue weighted by Crippen LogP contribution is -1.77. The Morgan fingerprint density at radius 3 is 2.71 bits per heavy atom. The van der Waals surface area contributed by atoms with E-state index >= 15 is 0 Å². The lowest BCUT2D eigenvalue weighted by molar-refractivity contribution is 0.530. The molecule has 0 saturated carbocycles. The number of rotatable bonds is 3. The Morgan fingerprint density at radius 2 is 2.00 bits per heavy atom. The summed E-state index contributed by atoms with van der Waals surface area (Å²) in [6.45, 7) is 0. The summed E-state index contributed by atoms with van der Waals surface area (Å²) in [5, 5.41) is 0. The van der Waals surface area contributed by atoms with Crippen LogP contribution in [0.1, 0.15) is 5.76 Å². The minimum absolute atomic E-state index is 0.852. The zero-order valence-electron chi connectivity index (χ0n) is 7.51. The van der Waals surface area contributed by atoms with Crippen molar-refractivity contribution in [2.45, 2.75) is 15.5 Å². The second-order valence-corrected chi connectivity index (χ2v) is 4.33. The van der Waals surface area contributed by atoms with Crippen molar-refractivity contribution < 1.29 is 4.42 Å². The van der Waals surface area contributed by atoms with Crippen LogP contribution < -0.4 is 0 Å². The van der Waals surface area contributed by atoms with Gasteiger partial charge < -0.3 is 4.42 Å². The van der Waals surface area contributed by atoms with Gasteiger partial charge in [0.25, 0.3) is 0 Å². The topological polar surface area (TPSA) is 13.1 Å². The lowest BCUT2D eigenvalue weighted by Gasteiger charge is -2.01. The van der Waals surface area contributed by atoms with Gasteiger partial charge in [0, 0.05) is 9.79 Å². The molecule has 0 saturated heterocycles. The number of thiol groups is 1. The second-order valence-electron chi connectivity index (χ2n) is 2.84. The van der Waals surface area contributed by atoms with Crippen molar-refractivity contribution in [1.82, 2.24) is 0 Å². The molecule has 1 nitrogen and oxygen atoms in total. The number of hydrogen-bond acceptors (Lipinski definition) is 3. The van der Waals surface area contributed by atoms with E-state index in [1.54, 1.807) is 18.0 Å². The van der Waals surface area contributed by atoms with Crippen LogP contribution in [-0.4, -0.2) is 0 Å². The average Bonchev–Trinajstić information content (AvgIpc) is 2.69. The van der Waals surface area contributed by atoms with Crippen LogP contribution in [0.3, 0.4) is 0 Å². The number of hydrogen-bond donors (Lipinski definition) is 1. The highest BCUT2D eigenvalue weighted by Crippen LogP contribution is 2.28. The summed E-state index contributed by atoms with van der Waals surface area (Å²) in [7, 11) is 0. The van der Waals surface area contributed by atoms with Gasteiger partial charge in [0.1, 0.15) is 5.76 Å². The van der Waals surface area contributed by atoms with Crippen molar-refractivity contribution in [2.75, 3.05) is 0 Å². The van der Waals surface area contributed by atoms with Crippen LogP contribution in [0, 0.1) is 0 Å². The summed E-state index contributed by atoms with van der Waals surface area (Å²) >= 11 is 6.11. The third-order valence-corrected chi connectivity index (χ3v) is 3.45. The molecule has 72 valence electrons. The number of benzene rings is 1. The minimum atomic E-state index is 0.852. The maximum atomic E-state index is 5.25. The molecule has 1 aromatic heterocycles. The van der Waals surface area contributed by atoms with Crippen LogP contribution in [-0.2, 0) is 5.75 Å². The highest BCUT2D eigenvalue weighted by Gasteiger charge is 2.00. The highest BCUT2D eigenvalue weighted by atomic mass is 32.2. The molecule has 0 amide bonds. The first-order chi connectivity index (χ1) is 6.86. The first-order valence-electron chi connectivity index (χ1n) is 4.29. The van der Waals surface area contributed by atoms with Crippen LogP contribution in [0.5, 0.6) is 0 Å². The largest absolute Gasteiger partial charge is 0.468 e. The van der Waals surface area contributed by atoms with Crippen molar-refractivity contribution >= 4 is 24.4 Å². The molecule has 1 heterocycles. The van der Waals surface area contributed by atoms with Gasteiger partial charge in [-0.1, -0.05) is 12.1 Å². The molecule has 0 fully saturated rings. The van der Waals surface area contributed by atoms with Gasteiger partial charge in [-0.25, -0.2) is 0 Å². The standard InChI is InChI=1S/C11H10OS2/c13-10-5-1-2-6-11(10)14-8-9-4-3-7-12-9/h1-7,13H,8H2. The monoisotopic (exact) mass is 222 g/mol. The molecule has 0 aliphatic carbocycles. The molecule has 0 atom stereocenters. The summed E-state index contributed by atoms with van der Waals surface area (Å²) in [5.74, 6) is 1.84. The van der Waals surface area contributed by atoms with Gasteiger partial charge in [0.05, 0.1) is 12.0 Å². The van der Waals surface area contributed by atoms with Crippen LogP contribution in [0.4, 0.5) is 0 Å². The van der Waals surface area contributed by atoms with Crippen LogP contribution in [0.2, 0.25) is 0 Å². The molecule has 0 aliphatic heterocycles. The predicted octanol–water partition coefficient (Wildman–Crippen LogP) is 3.86. The van der Waals surface area contributed by atoms with E-state index in [4.69, 9.17) is 4.42 Å². The predicted molar refractivity (Wildman–Crippen MR) is 62.0 cm³/mol. The van der Waals surface area contributed by atoms with E-state index in [9.17, 15) is 0 Å². The van der Waals surface area contributed by atoms with E-state index in [1.165, 1.54) is 4.90 Å². The zero-order valence-corrected chi connectivity index (χ0v) is 9.22. The van der Waals surface area contributed by atoms with Crippen LogP contribution in [0.15, 0.2) is 56.9 Å². The normalized spacial score (nSPS) is 10.4. The Hall–Kier alpha value is -0.800. The molecule has 2 aromatic rings. The molecule has 3 heteroatoms. The van der Waals surface area contributed by atoms with Crippen LogP contribution >= 0.6 is 24.4 Å². The molecule has 0 bridgehead atoms. The molecule has 0 aliphatic rings. The molecule has 0 N–H and O–H groups in total. The van der Waals surface area contributed by atoms with E-state index < -0.39 is 0 Å². The van der Waals surface area contributed by atoms with Gasteiger partial charge in [0.15, 0.2) is 0 Å². The van der Waals surface area contributed by atoms with Crippen molar-refractivity contribution in [3.05, 3.63) is 48.4 Å². The molecule has 1 aromatic carbocycles. The Bertz CT molecular complexity index is 395. The minimum Gasteiger partial charge on any atom is -0.468 e. The molecule has 0 radical (unpaired) electrons. The Morgan fingerprint density at radius 1 is 1.14 bits per heavy atom. The summed E-state index contributed by atoms with van der Waals surface area (Å²) in [5.41, 5.74) is 0. The third kappa shape index (κ3) is 2.36. The van der Waals surface area contributed by atoms with E-state index in [2.05, 4.69) is 18.7 Å². The Kier molecular flexibility index (Phi) is 3.22. The summed E-state index contributed by atoms with van der Waals surface area (Å²) in [6.07, 6.45) is 1.70. The molecule has 14 heavy (non-hydrogen) atoms. The molecular weight excluding hydrogens is 212 g/mol. The number of thioether (sulfide) groups is 1.